The first kappa shape index (κ1) is 13.4. The molecule has 0 amide bonds. The number of nitrogens with zero attached hydrogens (tertiary/aromatic N) is 1. The van der Waals surface area contributed by atoms with Gasteiger partial charge in [0.1, 0.15) is 0 Å². The zero-order chi connectivity index (χ0) is 13.8. The summed E-state index contributed by atoms with van der Waals surface area (Å²) in [6, 6.07) is 13.1. The van der Waals surface area contributed by atoms with Crippen molar-refractivity contribution >= 4 is 22.2 Å². The number of aryl methyl sites for hydroxylation is 1. The van der Waals surface area contributed by atoms with Crippen LogP contribution in [0, 0.1) is 6.92 Å². The highest BCUT2D eigenvalue weighted by molar-refractivity contribution is 7.09. The molecule has 3 rings (SSSR count). The van der Waals surface area contributed by atoms with Crippen molar-refractivity contribution in [2.75, 3.05) is 13.1 Å². The molecular formula is C17H20N2S. The average molecular weight is 284 g/mol. The molecule has 3 aromatic rings. The normalized spacial score (nSPS) is 11.2. The monoisotopic (exact) mass is 284 g/mol. The van der Waals surface area contributed by atoms with Crippen LogP contribution in [0.15, 0.2) is 48.0 Å². The Bertz CT molecular complexity index is 667. The largest absolute Gasteiger partial charge is 0.346 e. The van der Waals surface area contributed by atoms with Gasteiger partial charge in [-0.2, -0.15) is 0 Å². The molecule has 0 aliphatic heterocycles. The van der Waals surface area contributed by atoms with Gasteiger partial charge in [-0.3, -0.25) is 0 Å². The second kappa shape index (κ2) is 6.25. The van der Waals surface area contributed by atoms with E-state index in [1.165, 1.54) is 21.3 Å². The number of thiophene rings is 1. The number of benzene rings is 1. The van der Waals surface area contributed by atoms with Crippen LogP contribution in [0.5, 0.6) is 0 Å². The molecule has 104 valence electrons. The van der Waals surface area contributed by atoms with Crippen LogP contribution in [0.1, 0.15) is 10.4 Å². The minimum Gasteiger partial charge on any atom is -0.346 e. The first-order valence-corrected chi connectivity index (χ1v) is 8.00. The third-order valence-corrected chi connectivity index (χ3v) is 4.63. The molecular weight excluding hydrogens is 264 g/mol. The molecule has 0 saturated carbocycles. The van der Waals surface area contributed by atoms with Crippen LogP contribution in [0.25, 0.3) is 10.9 Å². The van der Waals surface area contributed by atoms with Crippen LogP contribution in [0.2, 0.25) is 0 Å². The van der Waals surface area contributed by atoms with E-state index in [0.717, 1.165) is 26.1 Å². The molecule has 1 aromatic carbocycles. The molecule has 0 atom stereocenters. The van der Waals surface area contributed by atoms with Gasteiger partial charge in [0.2, 0.25) is 0 Å². The molecule has 2 nitrogen and oxygen atoms in total. The smallest absolute Gasteiger partial charge is 0.0483 e. The topological polar surface area (TPSA) is 17.0 Å². The van der Waals surface area contributed by atoms with Crippen LogP contribution in [0.4, 0.5) is 0 Å². The highest BCUT2D eigenvalue weighted by Crippen LogP contribution is 2.19. The Labute approximate surface area is 124 Å². The van der Waals surface area contributed by atoms with Gasteiger partial charge in [-0.05, 0) is 42.5 Å². The fraction of sp³-hybridized carbons (Fsp3) is 0.294. The molecule has 1 N–H and O–H groups in total. The van der Waals surface area contributed by atoms with Crippen LogP contribution in [-0.2, 0) is 13.0 Å². The number of hydrogen-bond donors (Lipinski definition) is 1. The van der Waals surface area contributed by atoms with Crippen molar-refractivity contribution in [3.8, 4) is 0 Å². The fourth-order valence-electron chi connectivity index (χ4n) is 2.56. The van der Waals surface area contributed by atoms with E-state index >= 15 is 0 Å². The van der Waals surface area contributed by atoms with Gasteiger partial charge in [0.25, 0.3) is 0 Å². The van der Waals surface area contributed by atoms with Gasteiger partial charge in [0.05, 0.1) is 0 Å². The molecule has 0 aliphatic carbocycles. The van der Waals surface area contributed by atoms with E-state index in [9.17, 15) is 0 Å². The molecule has 3 heteroatoms. The minimum atomic E-state index is 1.02. The Morgan fingerprint density at radius 3 is 2.90 bits per heavy atom. The van der Waals surface area contributed by atoms with E-state index in [2.05, 4.69) is 64.8 Å². The lowest BCUT2D eigenvalue weighted by atomic mass is 10.1. The summed E-state index contributed by atoms with van der Waals surface area (Å²) in [5.41, 5.74) is 2.69. The lowest BCUT2D eigenvalue weighted by Crippen LogP contribution is -2.21. The van der Waals surface area contributed by atoms with Gasteiger partial charge < -0.3 is 9.88 Å². The molecule has 0 saturated heterocycles. The van der Waals surface area contributed by atoms with Gasteiger partial charge >= 0.3 is 0 Å². The summed E-state index contributed by atoms with van der Waals surface area (Å²) in [5, 5.41) is 7.04. The molecule has 0 unspecified atom stereocenters. The van der Waals surface area contributed by atoms with Gasteiger partial charge in [0.15, 0.2) is 0 Å². The van der Waals surface area contributed by atoms with Crippen molar-refractivity contribution in [1.29, 1.82) is 0 Å². The van der Waals surface area contributed by atoms with Crippen molar-refractivity contribution in [3.05, 3.63) is 58.4 Å². The molecule has 0 fully saturated rings. The van der Waals surface area contributed by atoms with E-state index in [1.54, 1.807) is 0 Å². The Kier molecular flexibility index (Phi) is 4.19. The molecule has 2 heterocycles. The van der Waals surface area contributed by atoms with Crippen molar-refractivity contribution in [2.24, 2.45) is 0 Å². The van der Waals surface area contributed by atoms with E-state index in [4.69, 9.17) is 0 Å². The van der Waals surface area contributed by atoms with Gasteiger partial charge in [-0.1, -0.05) is 18.2 Å². The predicted molar refractivity (Wildman–Crippen MR) is 87.6 cm³/mol. The third-order valence-electron chi connectivity index (χ3n) is 3.69. The quantitative estimate of drug-likeness (QED) is 0.680. The Morgan fingerprint density at radius 1 is 1.10 bits per heavy atom. The van der Waals surface area contributed by atoms with Crippen molar-refractivity contribution < 1.29 is 0 Å². The molecule has 0 radical (unpaired) electrons. The maximum absolute atomic E-state index is 3.53. The summed E-state index contributed by atoms with van der Waals surface area (Å²) in [4.78, 5) is 1.46. The highest BCUT2D eigenvalue weighted by Gasteiger charge is 2.02. The predicted octanol–water partition coefficient (Wildman–Crippen LogP) is 3.84. The molecule has 0 spiro atoms. The summed E-state index contributed by atoms with van der Waals surface area (Å²) in [7, 11) is 0. The van der Waals surface area contributed by atoms with Gasteiger partial charge in [-0.25, -0.2) is 0 Å². The average Bonchev–Trinajstić information content (AvgIpc) is 3.09. The number of nitrogens with one attached hydrogen (secondary N) is 1. The van der Waals surface area contributed by atoms with Crippen LogP contribution in [0.3, 0.4) is 0 Å². The summed E-state index contributed by atoms with van der Waals surface area (Å²) < 4.78 is 2.33. The maximum atomic E-state index is 3.53. The van der Waals surface area contributed by atoms with Crippen LogP contribution >= 0.6 is 11.3 Å². The number of aromatic nitrogens is 1. The zero-order valence-electron chi connectivity index (χ0n) is 11.8. The Morgan fingerprint density at radius 2 is 2.05 bits per heavy atom. The number of fused-ring (bicyclic) bond motifs is 1. The van der Waals surface area contributed by atoms with E-state index in [0.29, 0.717) is 0 Å². The zero-order valence-corrected chi connectivity index (χ0v) is 12.6. The van der Waals surface area contributed by atoms with E-state index in [1.807, 2.05) is 11.3 Å². The maximum Gasteiger partial charge on any atom is 0.0483 e. The van der Waals surface area contributed by atoms with Gasteiger partial charge in [0, 0.05) is 41.6 Å². The van der Waals surface area contributed by atoms with Crippen molar-refractivity contribution in [3.63, 3.8) is 0 Å². The first-order valence-electron chi connectivity index (χ1n) is 7.12. The van der Waals surface area contributed by atoms with Crippen LogP contribution < -0.4 is 5.32 Å². The third kappa shape index (κ3) is 2.94. The molecule has 20 heavy (non-hydrogen) atoms. The Balaban J connectivity index is 1.51. The standard InChI is InChI=1S/C17H20N2S/c1-14-4-2-6-17-16(14)8-11-19(17)12-10-18-9-7-15-5-3-13-20-15/h2-6,8,11,13,18H,7,9-10,12H2,1H3. The lowest BCUT2D eigenvalue weighted by Gasteiger charge is -2.07. The summed E-state index contributed by atoms with van der Waals surface area (Å²) in [6.45, 7) is 5.27. The fourth-order valence-corrected chi connectivity index (χ4v) is 3.27. The van der Waals surface area contributed by atoms with E-state index in [-0.39, 0.29) is 0 Å². The van der Waals surface area contributed by atoms with Gasteiger partial charge in [-0.15, -0.1) is 11.3 Å². The van der Waals surface area contributed by atoms with Crippen molar-refractivity contribution in [1.82, 2.24) is 9.88 Å². The van der Waals surface area contributed by atoms with E-state index < -0.39 is 0 Å². The highest BCUT2D eigenvalue weighted by atomic mass is 32.1. The summed E-state index contributed by atoms with van der Waals surface area (Å²) >= 11 is 1.84. The second-order valence-corrected chi connectivity index (χ2v) is 6.13. The minimum absolute atomic E-state index is 1.02. The number of rotatable bonds is 6. The molecule has 2 aromatic heterocycles. The second-order valence-electron chi connectivity index (χ2n) is 5.10. The first-order chi connectivity index (χ1) is 9.84. The summed E-state index contributed by atoms with van der Waals surface area (Å²) in [5.74, 6) is 0. The SMILES string of the molecule is Cc1cccc2c1ccn2CCNCCc1cccs1. The number of hydrogen-bond acceptors (Lipinski definition) is 2. The summed E-state index contributed by atoms with van der Waals surface area (Å²) in [6.07, 6.45) is 3.32. The molecule has 0 bridgehead atoms. The Hall–Kier alpha value is -1.58. The lowest BCUT2D eigenvalue weighted by molar-refractivity contribution is 0.611. The van der Waals surface area contributed by atoms with Crippen molar-refractivity contribution in [2.45, 2.75) is 19.9 Å². The van der Waals surface area contributed by atoms with Crippen LogP contribution in [-0.4, -0.2) is 17.7 Å². The molecule has 0 aliphatic rings.